The number of para-hydroxylation sites is 2. The second-order valence-electron chi connectivity index (χ2n) is 5.82. The minimum Gasteiger partial charge on any atom is -0.454 e. The van der Waals surface area contributed by atoms with Crippen molar-refractivity contribution in [2.24, 2.45) is 0 Å². The molecule has 0 saturated heterocycles. The zero-order chi connectivity index (χ0) is 18.6. The number of carbonyl (C=O) groups is 1. The summed E-state index contributed by atoms with van der Waals surface area (Å²) in [6.07, 6.45) is 2.96. The first-order chi connectivity index (χ1) is 13.2. The van der Waals surface area contributed by atoms with Crippen LogP contribution in [0, 0.1) is 11.3 Å². The molecule has 1 N–H and O–H groups in total. The van der Waals surface area contributed by atoms with E-state index < -0.39 is 5.91 Å². The molecule has 3 aromatic rings. The van der Waals surface area contributed by atoms with E-state index in [1.807, 2.05) is 36.4 Å². The Balaban J connectivity index is 1.48. The lowest BCUT2D eigenvalue weighted by atomic mass is 10.2. The summed E-state index contributed by atoms with van der Waals surface area (Å²) in [5.74, 6) is 0.840. The molecule has 2 heterocycles. The van der Waals surface area contributed by atoms with Crippen molar-refractivity contribution >= 4 is 23.0 Å². The van der Waals surface area contributed by atoms with Crippen molar-refractivity contribution in [3.8, 4) is 17.6 Å². The second-order valence-corrected chi connectivity index (χ2v) is 5.82. The number of nitriles is 1. The Kier molecular flexibility index (Phi) is 4.37. The van der Waals surface area contributed by atoms with E-state index in [0.29, 0.717) is 22.7 Å². The van der Waals surface area contributed by atoms with E-state index in [0.717, 1.165) is 11.1 Å². The lowest BCUT2D eigenvalue weighted by Gasteiger charge is -2.06. The van der Waals surface area contributed by atoms with Gasteiger partial charge in [-0.3, -0.25) is 9.78 Å². The third-order valence-corrected chi connectivity index (χ3v) is 4.01. The van der Waals surface area contributed by atoms with Crippen molar-refractivity contribution in [2.45, 2.75) is 6.54 Å². The van der Waals surface area contributed by atoms with Gasteiger partial charge in [0.05, 0.1) is 22.9 Å². The number of ether oxygens (including phenoxy) is 2. The van der Waals surface area contributed by atoms with Gasteiger partial charge in [-0.1, -0.05) is 18.2 Å². The zero-order valence-corrected chi connectivity index (χ0v) is 14.2. The maximum absolute atomic E-state index is 12.3. The van der Waals surface area contributed by atoms with Crippen LogP contribution in [0.3, 0.4) is 0 Å². The average molecular weight is 358 g/mol. The lowest BCUT2D eigenvalue weighted by molar-refractivity contribution is -0.117. The number of amides is 1. The Morgan fingerprint density at radius 1 is 1.19 bits per heavy atom. The van der Waals surface area contributed by atoms with E-state index in [1.54, 1.807) is 12.1 Å². The summed E-state index contributed by atoms with van der Waals surface area (Å²) < 4.78 is 10.6. The SMILES string of the molecule is N#CC(=Cc1cnc2ccccc2n1)C(=O)NCc1ccc2c(c1)OCO2. The fourth-order valence-electron chi connectivity index (χ4n) is 2.67. The molecule has 0 bridgehead atoms. The van der Waals surface area contributed by atoms with Gasteiger partial charge in [0.15, 0.2) is 11.5 Å². The van der Waals surface area contributed by atoms with Crippen LogP contribution < -0.4 is 14.8 Å². The summed E-state index contributed by atoms with van der Waals surface area (Å²) in [4.78, 5) is 21.0. The van der Waals surface area contributed by atoms with Crippen LogP contribution in [0.1, 0.15) is 11.3 Å². The van der Waals surface area contributed by atoms with Gasteiger partial charge in [-0.05, 0) is 35.9 Å². The van der Waals surface area contributed by atoms with Gasteiger partial charge in [-0.25, -0.2) is 4.98 Å². The third kappa shape index (κ3) is 3.55. The van der Waals surface area contributed by atoms with Crippen LogP contribution >= 0.6 is 0 Å². The number of fused-ring (bicyclic) bond motifs is 2. The Bertz CT molecular complexity index is 1100. The van der Waals surface area contributed by atoms with E-state index >= 15 is 0 Å². The predicted octanol–water partition coefficient (Wildman–Crippen LogP) is 2.58. The smallest absolute Gasteiger partial charge is 0.262 e. The number of nitrogens with one attached hydrogen (secondary N) is 1. The molecule has 132 valence electrons. The number of nitrogens with zero attached hydrogens (tertiary/aromatic N) is 3. The van der Waals surface area contributed by atoms with Crippen LogP contribution in [0.4, 0.5) is 0 Å². The first kappa shape index (κ1) is 16.5. The number of hydrogen-bond donors (Lipinski definition) is 1. The number of hydrogen-bond acceptors (Lipinski definition) is 6. The Hall–Kier alpha value is -3.92. The summed E-state index contributed by atoms with van der Waals surface area (Å²) in [7, 11) is 0. The van der Waals surface area contributed by atoms with Gasteiger partial charge in [0, 0.05) is 6.54 Å². The lowest BCUT2D eigenvalue weighted by Crippen LogP contribution is -2.24. The molecule has 0 radical (unpaired) electrons. The molecule has 1 aliphatic rings. The van der Waals surface area contributed by atoms with Gasteiger partial charge in [-0.2, -0.15) is 5.26 Å². The van der Waals surface area contributed by atoms with E-state index in [2.05, 4.69) is 15.3 Å². The highest BCUT2D eigenvalue weighted by molar-refractivity contribution is 6.01. The minimum absolute atomic E-state index is 0.0414. The Labute approximate surface area is 154 Å². The summed E-state index contributed by atoms with van der Waals surface area (Å²) in [5.41, 5.74) is 2.70. The largest absolute Gasteiger partial charge is 0.454 e. The fourth-order valence-corrected chi connectivity index (χ4v) is 2.67. The van der Waals surface area contributed by atoms with E-state index in [1.165, 1.54) is 12.3 Å². The molecule has 0 fully saturated rings. The molecule has 0 atom stereocenters. The number of benzene rings is 2. The molecule has 7 heteroatoms. The monoisotopic (exact) mass is 358 g/mol. The molecule has 7 nitrogen and oxygen atoms in total. The van der Waals surface area contributed by atoms with Crippen LogP contribution in [-0.2, 0) is 11.3 Å². The third-order valence-electron chi connectivity index (χ3n) is 4.01. The molecule has 1 aromatic heterocycles. The van der Waals surface area contributed by atoms with Crippen LogP contribution in [0.15, 0.2) is 54.2 Å². The standard InChI is InChI=1S/C20H14N4O3/c21-9-14(8-15-11-22-16-3-1-2-4-17(16)24-15)20(25)23-10-13-5-6-18-19(7-13)27-12-26-18/h1-8,11H,10,12H2,(H,23,25). The van der Waals surface area contributed by atoms with Crippen molar-refractivity contribution < 1.29 is 14.3 Å². The highest BCUT2D eigenvalue weighted by atomic mass is 16.7. The number of aromatic nitrogens is 2. The highest BCUT2D eigenvalue weighted by Crippen LogP contribution is 2.32. The van der Waals surface area contributed by atoms with Gasteiger partial charge < -0.3 is 14.8 Å². The minimum atomic E-state index is -0.481. The van der Waals surface area contributed by atoms with E-state index in [4.69, 9.17) is 9.47 Å². The van der Waals surface area contributed by atoms with Crippen molar-refractivity contribution in [2.75, 3.05) is 6.79 Å². The summed E-state index contributed by atoms with van der Waals surface area (Å²) >= 11 is 0. The van der Waals surface area contributed by atoms with Crippen molar-refractivity contribution in [3.05, 3.63) is 65.5 Å². The van der Waals surface area contributed by atoms with Crippen molar-refractivity contribution in [1.29, 1.82) is 5.26 Å². The van der Waals surface area contributed by atoms with Gasteiger partial charge in [-0.15, -0.1) is 0 Å². The second kappa shape index (κ2) is 7.14. The van der Waals surface area contributed by atoms with Crippen molar-refractivity contribution in [1.82, 2.24) is 15.3 Å². The quantitative estimate of drug-likeness (QED) is 0.569. The first-order valence-corrected chi connectivity index (χ1v) is 8.23. The van der Waals surface area contributed by atoms with Crippen LogP contribution in [-0.4, -0.2) is 22.7 Å². The molecule has 0 saturated carbocycles. The van der Waals surface area contributed by atoms with Gasteiger partial charge >= 0.3 is 0 Å². The van der Waals surface area contributed by atoms with Gasteiger partial charge in [0.2, 0.25) is 6.79 Å². The van der Waals surface area contributed by atoms with Crippen LogP contribution in [0.2, 0.25) is 0 Å². The van der Waals surface area contributed by atoms with Crippen molar-refractivity contribution in [3.63, 3.8) is 0 Å². The molecule has 1 amide bonds. The Morgan fingerprint density at radius 2 is 2.00 bits per heavy atom. The number of carbonyl (C=O) groups excluding carboxylic acids is 1. The van der Waals surface area contributed by atoms with E-state index in [9.17, 15) is 10.1 Å². The molecule has 0 aliphatic carbocycles. The average Bonchev–Trinajstić information content (AvgIpc) is 3.18. The topological polar surface area (TPSA) is 97.1 Å². The summed E-state index contributed by atoms with van der Waals surface area (Å²) in [6.45, 7) is 0.456. The predicted molar refractivity (Wildman–Crippen MR) is 97.5 cm³/mol. The molecular weight excluding hydrogens is 344 g/mol. The van der Waals surface area contributed by atoms with Gasteiger partial charge in [0.25, 0.3) is 5.91 Å². The van der Waals surface area contributed by atoms with Crippen LogP contribution in [0.5, 0.6) is 11.5 Å². The zero-order valence-electron chi connectivity index (χ0n) is 14.2. The maximum atomic E-state index is 12.3. The molecule has 27 heavy (non-hydrogen) atoms. The maximum Gasteiger partial charge on any atom is 0.262 e. The molecule has 1 aliphatic heterocycles. The summed E-state index contributed by atoms with van der Waals surface area (Å²) in [5, 5.41) is 12.1. The molecule has 2 aromatic carbocycles. The Morgan fingerprint density at radius 3 is 2.85 bits per heavy atom. The number of rotatable bonds is 4. The highest BCUT2D eigenvalue weighted by Gasteiger charge is 2.14. The molecule has 0 unspecified atom stereocenters. The molecule has 4 rings (SSSR count). The first-order valence-electron chi connectivity index (χ1n) is 8.23. The van der Waals surface area contributed by atoms with Gasteiger partial charge in [0.1, 0.15) is 11.6 Å². The normalized spacial score (nSPS) is 12.6. The molecular formula is C20H14N4O3. The van der Waals surface area contributed by atoms with Crippen LogP contribution in [0.25, 0.3) is 17.1 Å². The molecule has 0 spiro atoms. The summed E-state index contributed by atoms with van der Waals surface area (Å²) in [6, 6.07) is 14.7. The van der Waals surface area contributed by atoms with E-state index in [-0.39, 0.29) is 18.9 Å². The fraction of sp³-hybridized carbons (Fsp3) is 0.100.